The van der Waals surface area contributed by atoms with Crippen LogP contribution < -0.4 is 5.56 Å². The molecule has 2 aromatic carbocycles. The van der Waals surface area contributed by atoms with Gasteiger partial charge in [-0.05, 0) is 36.4 Å². The number of thioether (sulfide) groups is 1. The quantitative estimate of drug-likeness (QED) is 0.526. The van der Waals surface area contributed by atoms with Crippen molar-refractivity contribution in [2.45, 2.75) is 10.6 Å². The Morgan fingerprint density at radius 2 is 1.96 bits per heavy atom. The molecule has 0 unspecified atom stereocenters. The van der Waals surface area contributed by atoms with Gasteiger partial charge >= 0.3 is 0 Å². The number of benzene rings is 2. The van der Waals surface area contributed by atoms with Crippen molar-refractivity contribution in [3.05, 3.63) is 75.7 Å². The van der Waals surface area contributed by atoms with Crippen LogP contribution in [-0.4, -0.2) is 14.8 Å². The first-order valence-electron chi connectivity index (χ1n) is 7.24. The van der Waals surface area contributed by atoms with Crippen molar-refractivity contribution in [2.24, 2.45) is 0 Å². The second-order valence-electron chi connectivity index (χ2n) is 5.16. The van der Waals surface area contributed by atoms with Gasteiger partial charge in [-0.15, -0.1) is 11.8 Å². The van der Waals surface area contributed by atoms with E-state index >= 15 is 0 Å². The maximum absolute atomic E-state index is 12.2. The van der Waals surface area contributed by atoms with Gasteiger partial charge in [0, 0.05) is 27.4 Å². The number of fused-ring (bicyclic) bond motifs is 1. The second-order valence-corrected chi connectivity index (χ2v) is 7.66. The summed E-state index contributed by atoms with van der Waals surface area (Å²) in [6, 6.07) is 17.1. The van der Waals surface area contributed by atoms with E-state index in [-0.39, 0.29) is 5.56 Å². The van der Waals surface area contributed by atoms with Gasteiger partial charge in [0.15, 0.2) is 0 Å². The van der Waals surface area contributed by atoms with Gasteiger partial charge in [-0.2, -0.15) is 4.68 Å². The highest BCUT2D eigenvalue weighted by Crippen LogP contribution is 2.25. The third-order valence-electron chi connectivity index (χ3n) is 3.46. The summed E-state index contributed by atoms with van der Waals surface area (Å²) >= 11 is 9.03. The monoisotopic (exact) mass is 373 g/mol. The summed E-state index contributed by atoms with van der Waals surface area (Å²) in [5, 5.41) is 4.52. The molecule has 4 nitrogen and oxygen atoms in total. The van der Waals surface area contributed by atoms with Crippen LogP contribution in [-0.2, 0) is 5.75 Å². The Morgan fingerprint density at radius 1 is 1.17 bits per heavy atom. The Morgan fingerprint density at radius 3 is 2.75 bits per heavy atom. The average molecular weight is 374 g/mol. The molecule has 0 amide bonds. The van der Waals surface area contributed by atoms with Gasteiger partial charge in [0.2, 0.25) is 5.13 Å². The highest BCUT2D eigenvalue weighted by atomic mass is 35.5. The maximum Gasteiger partial charge on any atom is 0.273 e. The number of H-pyrrole nitrogens is 1. The maximum atomic E-state index is 12.2. The third kappa shape index (κ3) is 3.13. The summed E-state index contributed by atoms with van der Waals surface area (Å²) in [5.41, 5.74) is 1.66. The van der Waals surface area contributed by atoms with Crippen molar-refractivity contribution in [3.63, 3.8) is 0 Å². The smallest absolute Gasteiger partial charge is 0.273 e. The molecule has 0 bridgehead atoms. The van der Waals surface area contributed by atoms with Gasteiger partial charge in [0.25, 0.3) is 5.56 Å². The number of hydrogen-bond donors (Lipinski definition) is 1. The molecular weight excluding hydrogens is 362 g/mol. The van der Waals surface area contributed by atoms with E-state index in [1.165, 1.54) is 16.0 Å². The van der Waals surface area contributed by atoms with Crippen LogP contribution in [0.25, 0.3) is 15.3 Å². The molecule has 0 saturated carbocycles. The molecule has 120 valence electrons. The van der Waals surface area contributed by atoms with E-state index in [1.54, 1.807) is 17.8 Å². The number of thiazole rings is 1. The SMILES string of the molecule is O=c1cc(CSc2ccc(Cl)cc2)[nH]n1-c1nc2ccccc2s1. The molecule has 2 heterocycles. The van der Waals surface area contributed by atoms with Crippen molar-refractivity contribution in [3.8, 4) is 5.13 Å². The predicted molar refractivity (Wildman–Crippen MR) is 101 cm³/mol. The number of nitrogens with one attached hydrogen (secondary N) is 1. The van der Waals surface area contributed by atoms with Gasteiger partial charge in [-0.25, -0.2) is 4.98 Å². The zero-order valence-corrected chi connectivity index (χ0v) is 14.8. The Bertz CT molecular complexity index is 1020. The minimum absolute atomic E-state index is 0.0965. The van der Waals surface area contributed by atoms with Gasteiger partial charge in [0.1, 0.15) is 0 Å². The van der Waals surface area contributed by atoms with Crippen LogP contribution in [0.2, 0.25) is 5.02 Å². The van der Waals surface area contributed by atoms with Crippen molar-refractivity contribution < 1.29 is 0 Å². The fourth-order valence-electron chi connectivity index (χ4n) is 2.31. The number of aromatic amines is 1. The minimum Gasteiger partial charge on any atom is -0.292 e. The van der Waals surface area contributed by atoms with E-state index in [4.69, 9.17) is 11.6 Å². The first-order chi connectivity index (χ1) is 11.7. The van der Waals surface area contributed by atoms with Crippen molar-refractivity contribution in [1.82, 2.24) is 14.8 Å². The molecule has 0 fully saturated rings. The van der Waals surface area contributed by atoms with Crippen molar-refractivity contribution in [2.75, 3.05) is 0 Å². The van der Waals surface area contributed by atoms with E-state index in [0.29, 0.717) is 10.9 Å². The first kappa shape index (κ1) is 15.5. The van der Waals surface area contributed by atoms with E-state index in [0.717, 1.165) is 25.8 Å². The van der Waals surface area contributed by atoms with E-state index < -0.39 is 0 Å². The van der Waals surface area contributed by atoms with E-state index in [9.17, 15) is 4.79 Å². The highest BCUT2D eigenvalue weighted by Gasteiger charge is 2.10. The van der Waals surface area contributed by atoms with E-state index in [2.05, 4.69) is 10.1 Å². The number of aromatic nitrogens is 3. The van der Waals surface area contributed by atoms with Crippen LogP contribution in [0.15, 0.2) is 64.3 Å². The van der Waals surface area contributed by atoms with Gasteiger partial charge in [0.05, 0.1) is 10.2 Å². The number of para-hydroxylation sites is 1. The van der Waals surface area contributed by atoms with Crippen LogP contribution in [0.4, 0.5) is 0 Å². The lowest BCUT2D eigenvalue weighted by Gasteiger charge is -2.00. The summed E-state index contributed by atoms with van der Waals surface area (Å²) in [5.74, 6) is 0.675. The van der Waals surface area contributed by atoms with Crippen molar-refractivity contribution in [1.29, 1.82) is 0 Å². The molecule has 0 aliphatic rings. The number of halogens is 1. The largest absolute Gasteiger partial charge is 0.292 e. The van der Waals surface area contributed by atoms with Crippen molar-refractivity contribution >= 4 is 44.9 Å². The molecule has 24 heavy (non-hydrogen) atoms. The Kier molecular flexibility index (Phi) is 4.18. The van der Waals surface area contributed by atoms with Crippen LogP contribution in [0.1, 0.15) is 5.69 Å². The summed E-state index contributed by atoms with van der Waals surface area (Å²) in [4.78, 5) is 17.9. The molecule has 0 atom stereocenters. The molecule has 0 aliphatic heterocycles. The molecule has 1 N–H and O–H groups in total. The molecular formula is C17H12ClN3OS2. The Labute approximate surface area is 151 Å². The standard InChI is InChI=1S/C17H12ClN3OS2/c18-11-5-7-13(8-6-11)23-10-12-9-16(22)21(20-12)17-19-14-3-1-2-4-15(14)24-17/h1-9,20H,10H2. The van der Waals surface area contributed by atoms with Gasteiger partial charge < -0.3 is 0 Å². The fraction of sp³-hybridized carbons (Fsp3) is 0.0588. The lowest BCUT2D eigenvalue weighted by molar-refractivity contribution is 0.827. The highest BCUT2D eigenvalue weighted by molar-refractivity contribution is 7.98. The molecule has 0 spiro atoms. The molecule has 4 rings (SSSR count). The average Bonchev–Trinajstić information content (AvgIpc) is 3.17. The molecule has 2 aromatic heterocycles. The normalized spacial score (nSPS) is 11.2. The molecule has 0 radical (unpaired) electrons. The van der Waals surface area contributed by atoms with Gasteiger partial charge in [-0.1, -0.05) is 35.1 Å². The fourth-order valence-corrected chi connectivity index (χ4v) is 4.17. The number of rotatable bonds is 4. The van der Waals surface area contributed by atoms with E-state index in [1.807, 2.05) is 48.5 Å². The van der Waals surface area contributed by atoms with Crippen LogP contribution >= 0.6 is 34.7 Å². The predicted octanol–water partition coefficient (Wildman–Crippen LogP) is 4.72. The summed E-state index contributed by atoms with van der Waals surface area (Å²) in [7, 11) is 0. The molecule has 0 aliphatic carbocycles. The summed E-state index contributed by atoms with van der Waals surface area (Å²) in [6.45, 7) is 0. The topological polar surface area (TPSA) is 50.7 Å². The lowest BCUT2D eigenvalue weighted by Crippen LogP contribution is -2.12. The third-order valence-corrected chi connectivity index (χ3v) is 5.79. The minimum atomic E-state index is -0.0965. The van der Waals surface area contributed by atoms with Crippen LogP contribution in [0, 0.1) is 0 Å². The second kappa shape index (κ2) is 6.47. The van der Waals surface area contributed by atoms with Crippen LogP contribution in [0.5, 0.6) is 0 Å². The lowest BCUT2D eigenvalue weighted by atomic mass is 10.3. The summed E-state index contributed by atoms with van der Waals surface area (Å²) in [6.07, 6.45) is 0. The van der Waals surface area contributed by atoms with Crippen LogP contribution in [0.3, 0.4) is 0 Å². The Hall–Kier alpha value is -2.02. The van der Waals surface area contributed by atoms with Gasteiger partial charge in [-0.3, -0.25) is 9.89 Å². The number of hydrogen-bond acceptors (Lipinski definition) is 4. The summed E-state index contributed by atoms with van der Waals surface area (Å²) < 4.78 is 2.56. The zero-order chi connectivity index (χ0) is 16.5. The Balaban J connectivity index is 1.57. The number of nitrogens with zero attached hydrogens (tertiary/aromatic N) is 2. The molecule has 4 aromatic rings. The molecule has 0 saturated heterocycles. The first-order valence-corrected chi connectivity index (χ1v) is 9.42. The molecule has 7 heteroatoms. The zero-order valence-electron chi connectivity index (χ0n) is 12.4.